The molecule has 3 nitrogen and oxygen atoms in total. The molecule has 0 aliphatic carbocycles. The highest BCUT2D eigenvalue weighted by Crippen LogP contribution is 2.26. The minimum Gasteiger partial charge on any atom is -0.339 e. The molecule has 2 aromatic heterocycles. The summed E-state index contributed by atoms with van der Waals surface area (Å²) < 4.78 is 13.2. The lowest BCUT2D eigenvalue weighted by molar-refractivity contribution is -0.885. The Kier molecular flexibility index (Phi) is 5.96. The molecule has 0 aliphatic heterocycles. The van der Waals surface area contributed by atoms with Crippen LogP contribution in [0.5, 0.6) is 0 Å². The van der Waals surface area contributed by atoms with Gasteiger partial charge in [0.15, 0.2) is 6.54 Å². The van der Waals surface area contributed by atoms with E-state index in [-0.39, 0.29) is 17.8 Å². The van der Waals surface area contributed by atoms with Crippen LogP contribution in [-0.2, 0) is 11.3 Å². The molecule has 25 heavy (non-hydrogen) atoms. The molecule has 1 aromatic carbocycles. The summed E-state index contributed by atoms with van der Waals surface area (Å²) >= 11 is 3.28. The van der Waals surface area contributed by atoms with E-state index in [1.165, 1.54) is 17.0 Å². The Morgan fingerprint density at radius 2 is 1.84 bits per heavy atom. The number of thiophene rings is 2. The van der Waals surface area contributed by atoms with Crippen LogP contribution in [0.3, 0.4) is 0 Å². The van der Waals surface area contributed by atoms with Crippen LogP contribution in [0.2, 0.25) is 0 Å². The minimum atomic E-state index is -0.278. The maximum Gasteiger partial charge on any atom is 0.275 e. The number of quaternary nitrogens is 1. The summed E-state index contributed by atoms with van der Waals surface area (Å²) in [6, 6.07) is 14.1. The molecule has 0 saturated heterocycles. The summed E-state index contributed by atoms with van der Waals surface area (Å²) in [6.45, 7) is 1.21. The monoisotopic (exact) mass is 375 g/mol. The van der Waals surface area contributed by atoms with Crippen molar-refractivity contribution in [2.45, 2.75) is 12.6 Å². The molecule has 0 aliphatic rings. The number of nitrogens with one attached hydrogen (secondary N) is 2. The van der Waals surface area contributed by atoms with Crippen LogP contribution in [0.4, 0.5) is 4.39 Å². The van der Waals surface area contributed by atoms with Gasteiger partial charge in [-0.05, 0) is 40.6 Å². The van der Waals surface area contributed by atoms with Crippen LogP contribution in [0.15, 0.2) is 59.3 Å². The zero-order valence-corrected chi connectivity index (χ0v) is 15.5. The SMILES string of the molecule is C[NH+](CC(=O)N[C@H](c1ccc(F)cc1)c1cccs1)Cc1cccs1. The third kappa shape index (κ3) is 4.98. The summed E-state index contributed by atoms with van der Waals surface area (Å²) in [6.07, 6.45) is 0. The van der Waals surface area contributed by atoms with Crippen LogP contribution in [0.25, 0.3) is 0 Å². The number of halogens is 1. The fraction of sp³-hybridized carbons (Fsp3) is 0.211. The number of carbonyl (C=O) groups is 1. The average molecular weight is 376 g/mol. The van der Waals surface area contributed by atoms with E-state index in [0.717, 1.165) is 21.9 Å². The number of carbonyl (C=O) groups excluding carboxylic acids is 1. The number of hydrogen-bond donors (Lipinski definition) is 2. The second-order valence-electron chi connectivity index (χ2n) is 5.96. The first kappa shape index (κ1) is 17.8. The maximum absolute atomic E-state index is 13.2. The molecule has 0 spiro atoms. The molecule has 2 N–H and O–H groups in total. The molecular formula is C19H20FN2OS2+. The normalized spacial score (nSPS) is 13.4. The highest BCUT2D eigenvalue weighted by molar-refractivity contribution is 7.10. The van der Waals surface area contributed by atoms with Gasteiger partial charge in [-0.25, -0.2) is 4.39 Å². The van der Waals surface area contributed by atoms with Gasteiger partial charge in [-0.3, -0.25) is 4.79 Å². The molecule has 3 aromatic rings. The molecule has 0 saturated carbocycles. The predicted molar refractivity (Wildman–Crippen MR) is 100 cm³/mol. The van der Waals surface area contributed by atoms with Crippen molar-refractivity contribution in [2.24, 2.45) is 0 Å². The fourth-order valence-electron chi connectivity index (χ4n) is 2.69. The minimum absolute atomic E-state index is 0.0169. The highest BCUT2D eigenvalue weighted by atomic mass is 32.1. The molecule has 6 heteroatoms. The van der Waals surface area contributed by atoms with Crippen LogP contribution in [0, 0.1) is 5.82 Å². The van der Waals surface area contributed by atoms with Crippen LogP contribution in [-0.4, -0.2) is 19.5 Å². The van der Waals surface area contributed by atoms with Gasteiger partial charge in [0.05, 0.1) is 18.0 Å². The van der Waals surface area contributed by atoms with Crippen molar-refractivity contribution in [3.8, 4) is 0 Å². The van der Waals surface area contributed by atoms with E-state index >= 15 is 0 Å². The first-order chi connectivity index (χ1) is 12.1. The Morgan fingerprint density at radius 3 is 2.48 bits per heavy atom. The zero-order valence-electron chi connectivity index (χ0n) is 13.9. The van der Waals surface area contributed by atoms with E-state index in [1.807, 2.05) is 36.0 Å². The Labute approximate surface area is 154 Å². The number of amides is 1. The zero-order chi connectivity index (χ0) is 17.6. The number of hydrogen-bond acceptors (Lipinski definition) is 3. The van der Waals surface area contributed by atoms with Crippen molar-refractivity contribution in [1.82, 2.24) is 5.32 Å². The number of rotatable bonds is 7. The molecular weight excluding hydrogens is 355 g/mol. The third-order valence-electron chi connectivity index (χ3n) is 3.85. The van der Waals surface area contributed by atoms with Crippen molar-refractivity contribution >= 4 is 28.6 Å². The first-order valence-corrected chi connectivity index (χ1v) is 9.79. The van der Waals surface area contributed by atoms with E-state index in [4.69, 9.17) is 0 Å². The van der Waals surface area contributed by atoms with E-state index in [2.05, 4.69) is 11.4 Å². The van der Waals surface area contributed by atoms with E-state index < -0.39 is 0 Å². The molecule has 1 unspecified atom stereocenters. The first-order valence-electron chi connectivity index (χ1n) is 8.04. The Bertz CT molecular complexity index is 785. The molecule has 0 bridgehead atoms. The number of benzene rings is 1. The van der Waals surface area contributed by atoms with Gasteiger partial charge in [-0.2, -0.15) is 0 Å². The molecule has 2 atom stereocenters. The Balaban J connectivity index is 1.67. The van der Waals surface area contributed by atoms with Gasteiger partial charge in [-0.1, -0.05) is 24.3 Å². The van der Waals surface area contributed by atoms with Crippen LogP contribution < -0.4 is 10.2 Å². The molecule has 130 valence electrons. The highest BCUT2D eigenvalue weighted by Gasteiger charge is 2.20. The quantitative estimate of drug-likeness (QED) is 0.654. The van der Waals surface area contributed by atoms with Gasteiger partial charge >= 0.3 is 0 Å². The standard InChI is InChI=1S/C19H19FN2OS2/c1-22(12-16-4-2-10-24-16)13-18(23)21-19(17-5-3-11-25-17)14-6-8-15(20)9-7-14/h2-11,19H,12-13H2,1H3,(H,21,23)/p+1/t19-/m1/s1. The summed E-state index contributed by atoms with van der Waals surface area (Å²) in [7, 11) is 2.01. The van der Waals surface area contributed by atoms with Gasteiger partial charge in [-0.15, -0.1) is 22.7 Å². The van der Waals surface area contributed by atoms with Crippen molar-refractivity contribution in [3.63, 3.8) is 0 Å². The van der Waals surface area contributed by atoms with E-state index in [1.54, 1.807) is 34.8 Å². The van der Waals surface area contributed by atoms with Crippen molar-refractivity contribution in [1.29, 1.82) is 0 Å². The lowest BCUT2D eigenvalue weighted by atomic mass is 10.1. The average Bonchev–Trinajstić information content (AvgIpc) is 3.27. The van der Waals surface area contributed by atoms with Gasteiger partial charge in [0, 0.05) is 4.88 Å². The summed E-state index contributed by atoms with van der Waals surface area (Å²) in [5, 5.41) is 7.12. The van der Waals surface area contributed by atoms with Gasteiger partial charge in [0.1, 0.15) is 12.4 Å². The Morgan fingerprint density at radius 1 is 1.12 bits per heavy atom. The molecule has 2 heterocycles. The summed E-state index contributed by atoms with van der Waals surface area (Å²) in [5.74, 6) is -0.295. The molecule has 1 amide bonds. The number of likely N-dealkylation sites (N-methyl/N-ethyl adjacent to an activating group) is 1. The molecule has 0 fully saturated rings. The van der Waals surface area contributed by atoms with Crippen LogP contribution >= 0.6 is 22.7 Å². The van der Waals surface area contributed by atoms with Crippen molar-refractivity contribution in [3.05, 3.63) is 80.4 Å². The fourth-order valence-corrected chi connectivity index (χ4v) is 4.31. The summed E-state index contributed by atoms with van der Waals surface area (Å²) in [5.41, 5.74) is 0.883. The van der Waals surface area contributed by atoms with Crippen LogP contribution in [0.1, 0.15) is 21.4 Å². The smallest absolute Gasteiger partial charge is 0.275 e. The second-order valence-corrected chi connectivity index (χ2v) is 7.97. The molecule has 0 radical (unpaired) electrons. The third-order valence-corrected chi connectivity index (χ3v) is 5.67. The predicted octanol–water partition coefficient (Wildman–Crippen LogP) is 2.87. The summed E-state index contributed by atoms with van der Waals surface area (Å²) in [4.78, 5) is 16.0. The maximum atomic E-state index is 13.2. The van der Waals surface area contributed by atoms with Gasteiger partial charge < -0.3 is 10.2 Å². The molecule has 3 rings (SSSR count). The van der Waals surface area contributed by atoms with Crippen molar-refractivity contribution < 1.29 is 14.1 Å². The van der Waals surface area contributed by atoms with E-state index in [0.29, 0.717) is 6.54 Å². The topological polar surface area (TPSA) is 33.5 Å². The second kappa shape index (κ2) is 8.38. The van der Waals surface area contributed by atoms with Gasteiger partial charge in [0.25, 0.3) is 5.91 Å². The Hall–Kier alpha value is -2.02. The van der Waals surface area contributed by atoms with Gasteiger partial charge in [0.2, 0.25) is 0 Å². The largest absolute Gasteiger partial charge is 0.339 e. The lowest BCUT2D eigenvalue weighted by Gasteiger charge is -2.19. The lowest BCUT2D eigenvalue weighted by Crippen LogP contribution is -3.08. The van der Waals surface area contributed by atoms with Crippen molar-refractivity contribution in [2.75, 3.05) is 13.6 Å². The van der Waals surface area contributed by atoms with E-state index in [9.17, 15) is 9.18 Å².